The summed E-state index contributed by atoms with van der Waals surface area (Å²) in [4.78, 5) is 15.2. The van der Waals surface area contributed by atoms with Gasteiger partial charge in [0.05, 0.1) is 28.7 Å². The fourth-order valence-electron chi connectivity index (χ4n) is 4.37. The summed E-state index contributed by atoms with van der Waals surface area (Å²) in [6.07, 6.45) is 1.41. The van der Waals surface area contributed by atoms with Crippen LogP contribution in [0.25, 0.3) is 5.69 Å². The zero-order chi connectivity index (χ0) is 19.9. The van der Waals surface area contributed by atoms with Crippen molar-refractivity contribution in [3.8, 4) is 5.69 Å². The smallest absolute Gasteiger partial charge is 0.348 e. The van der Waals surface area contributed by atoms with Crippen LogP contribution in [0.5, 0.6) is 0 Å². The van der Waals surface area contributed by atoms with E-state index in [-0.39, 0.29) is 17.6 Å². The number of halogens is 3. The monoisotopic (exact) mass is 392 g/mol. The Hall–Kier alpha value is -2.35. The third-order valence-corrected chi connectivity index (χ3v) is 5.84. The third-order valence-electron chi connectivity index (χ3n) is 5.84. The number of carbonyl (C=O) groups is 1. The second-order valence-electron chi connectivity index (χ2n) is 7.57. The number of hydrogen-bond acceptors (Lipinski definition) is 3. The van der Waals surface area contributed by atoms with Crippen LogP contribution in [-0.4, -0.2) is 45.8 Å². The number of rotatable bonds is 3. The Labute approximate surface area is 161 Å². The lowest BCUT2D eigenvalue weighted by Crippen LogP contribution is -2.46. The van der Waals surface area contributed by atoms with Crippen molar-refractivity contribution in [2.45, 2.75) is 50.9 Å². The zero-order valence-corrected chi connectivity index (χ0v) is 15.7. The lowest BCUT2D eigenvalue weighted by Gasteiger charge is -2.32. The Kier molecular flexibility index (Phi) is 4.91. The molecule has 1 amide bonds. The van der Waals surface area contributed by atoms with Gasteiger partial charge < -0.3 is 5.32 Å². The molecule has 0 aliphatic carbocycles. The average molecular weight is 392 g/mol. The Bertz CT molecular complexity index is 877. The number of aromatic nitrogens is 2. The highest BCUT2D eigenvalue weighted by Crippen LogP contribution is 2.31. The molecule has 0 spiro atoms. The summed E-state index contributed by atoms with van der Waals surface area (Å²) in [6, 6.07) is 5.45. The first-order chi connectivity index (χ1) is 13.3. The van der Waals surface area contributed by atoms with Gasteiger partial charge in [-0.3, -0.25) is 9.69 Å². The SMILES string of the molecule is Cc1c(C(=O)N[C@H]2CCN3CCCC[C@H]23)cnn1-c1cccc(C(F)(F)F)c1. The van der Waals surface area contributed by atoms with Crippen molar-refractivity contribution in [2.24, 2.45) is 0 Å². The minimum atomic E-state index is -4.42. The maximum absolute atomic E-state index is 13.0. The minimum Gasteiger partial charge on any atom is -0.348 e. The summed E-state index contributed by atoms with van der Waals surface area (Å²) in [5.74, 6) is -0.215. The number of alkyl halides is 3. The quantitative estimate of drug-likeness (QED) is 0.869. The molecule has 3 heterocycles. The average Bonchev–Trinajstić information content (AvgIpc) is 3.25. The largest absolute Gasteiger partial charge is 0.416 e. The van der Waals surface area contributed by atoms with Crippen molar-refractivity contribution in [2.75, 3.05) is 13.1 Å². The molecule has 2 aliphatic heterocycles. The van der Waals surface area contributed by atoms with Gasteiger partial charge in [0, 0.05) is 18.6 Å². The van der Waals surface area contributed by atoms with Gasteiger partial charge in [-0.15, -0.1) is 0 Å². The molecule has 0 radical (unpaired) electrons. The van der Waals surface area contributed by atoms with E-state index in [9.17, 15) is 18.0 Å². The van der Waals surface area contributed by atoms with Crippen molar-refractivity contribution in [3.63, 3.8) is 0 Å². The molecular weight excluding hydrogens is 369 g/mol. The molecule has 2 atom stereocenters. The van der Waals surface area contributed by atoms with Crippen LogP contribution in [0.1, 0.15) is 47.3 Å². The molecule has 150 valence electrons. The van der Waals surface area contributed by atoms with Crippen LogP contribution in [0.3, 0.4) is 0 Å². The topological polar surface area (TPSA) is 50.2 Å². The molecule has 2 aliphatic rings. The number of hydrogen-bond donors (Lipinski definition) is 1. The Morgan fingerprint density at radius 1 is 1.21 bits per heavy atom. The van der Waals surface area contributed by atoms with Crippen LogP contribution < -0.4 is 5.32 Å². The molecule has 4 rings (SSSR count). The van der Waals surface area contributed by atoms with E-state index < -0.39 is 11.7 Å². The van der Waals surface area contributed by atoms with Gasteiger partial charge in [-0.05, 0) is 50.9 Å². The summed E-state index contributed by atoms with van der Waals surface area (Å²) in [6.45, 7) is 3.78. The first kappa shape index (κ1) is 19.0. The van der Waals surface area contributed by atoms with E-state index in [1.165, 1.54) is 29.8 Å². The fourth-order valence-corrected chi connectivity index (χ4v) is 4.37. The second-order valence-corrected chi connectivity index (χ2v) is 7.57. The number of benzene rings is 1. The molecule has 2 fully saturated rings. The Morgan fingerprint density at radius 3 is 2.82 bits per heavy atom. The summed E-state index contributed by atoms with van der Waals surface area (Å²) in [7, 11) is 0. The zero-order valence-electron chi connectivity index (χ0n) is 15.7. The van der Waals surface area contributed by atoms with Gasteiger partial charge in [-0.2, -0.15) is 18.3 Å². The highest BCUT2D eigenvalue weighted by atomic mass is 19.4. The lowest BCUT2D eigenvalue weighted by atomic mass is 9.99. The van der Waals surface area contributed by atoms with Crippen molar-refractivity contribution < 1.29 is 18.0 Å². The Balaban J connectivity index is 1.53. The molecule has 28 heavy (non-hydrogen) atoms. The van der Waals surface area contributed by atoms with Crippen molar-refractivity contribution in [1.82, 2.24) is 20.0 Å². The number of nitrogens with one attached hydrogen (secondary N) is 1. The van der Waals surface area contributed by atoms with Crippen molar-refractivity contribution in [1.29, 1.82) is 0 Å². The molecule has 8 heteroatoms. The highest BCUT2D eigenvalue weighted by molar-refractivity contribution is 5.95. The second kappa shape index (κ2) is 7.24. The minimum absolute atomic E-state index is 0.115. The standard InChI is InChI=1S/C20H23F3N4O/c1-13-16(19(28)25-17-8-10-26-9-3-2-7-18(17)26)12-24-27(13)15-6-4-5-14(11-15)20(21,22)23/h4-6,11-12,17-18H,2-3,7-10H2,1H3,(H,25,28)/t17-,18+/m0/s1. The fraction of sp³-hybridized carbons (Fsp3) is 0.500. The van der Waals surface area contributed by atoms with Gasteiger partial charge in [0.2, 0.25) is 0 Å². The number of carbonyl (C=O) groups excluding carboxylic acids is 1. The number of nitrogens with zero attached hydrogens (tertiary/aromatic N) is 3. The van der Waals surface area contributed by atoms with Gasteiger partial charge in [0.25, 0.3) is 5.91 Å². The summed E-state index contributed by atoms with van der Waals surface area (Å²) in [5, 5.41) is 7.29. The van der Waals surface area contributed by atoms with Gasteiger partial charge in [-0.1, -0.05) is 12.5 Å². The maximum Gasteiger partial charge on any atom is 0.416 e. The van der Waals surface area contributed by atoms with E-state index in [4.69, 9.17) is 0 Å². The van der Waals surface area contributed by atoms with Crippen LogP contribution in [0.4, 0.5) is 13.2 Å². The van der Waals surface area contributed by atoms with Crippen LogP contribution in [-0.2, 0) is 6.18 Å². The van der Waals surface area contributed by atoms with E-state index in [1.807, 2.05) is 0 Å². The molecule has 0 saturated carbocycles. The van der Waals surface area contributed by atoms with E-state index in [1.54, 1.807) is 13.0 Å². The predicted octanol–water partition coefficient (Wildman–Crippen LogP) is 3.56. The van der Waals surface area contributed by atoms with Crippen LogP contribution in [0, 0.1) is 6.92 Å². The van der Waals surface area contributed by atoms with Gasteiger partial charge in [0.1, 0.15) is 0 Å². The number of amides is 1. The molecule has 0 unspecified atom stereocenters. The summed E-state index contributed by atoms with van der Waals surface area (Å²) in [5.41, 5.74) is 0.460. The van der Waals surface area contributed by atoms with Crippen molar-refractivity contribution >= 4 is 5.91 Å². The van der Waals surface area contributed by atoms with Gasteiger partial charge in [-0.25, -0.2) is 4.68 Å². The third kappa shape index (κ3) is 3.53. The Morgan fingerprint density at radius 2 is 2.04 bits per heavy atom. The van der Waals surface area contributed by atoms with Crippen molar-refractivity contribution in [3.05, 3.63) is 47.3 Å². The molecule has 1 aromatic heterocycles. The highest BCUT2D eigenvalue weighted by Gasteiger charge is 2.36. The normalized spacial score (nSPS) is 22.9. The summed E-state index contributed by atoms with van der Waals surface area (Å²) < 4.78 is 40.3. The van der Waals surface area contributed by atoms with E-state index in [0.717, 1.165) is 38.1 Å². The molecular formula is C20H23F3N4O. The van der Waals surface area contributed by atoms with Crippen LogP contribution >= 0.6 is 0 Å². The van der Waals surface area contributed by atoms with Crippen LogP contribution in [0.15, 0.2) is 30.5 Å². The molecule has 2 saturated heterocycles. The lowest BCUT2D eigenvalue weighted by molar-refractivity contribution is -0.137. The molecule has 0 bridgehead atoms. The summed E-state index contributed by atoms with van der Waals surface area (Å²) >= 11 is 0. The molecule has 1 N–H and O–H groups in total. The van der Waals surface area contributed by atoms with E-state index in [0.29, 0.717) is 17.3 Å². The van der Waals surface area contributed by atoms with Gasteiger partial charge in [0.15, 0.2) is 0 Å². The first-order valence-corrected chi connectivity index (χ1v) is 9.62. The molecule has 2 aromatic rings. The molecule has 1 aromatic carbocycles. The maximum atomic E-state index is 13.0. The van der Waals surface area contributed by atoms with E-state index >= 15 is 0 Å². The van der Waals surface area contributed by atoms with Crippen LogP contribution in [0.2, 0.25) is 0 Å². The van der Waals surface area contributed by atoms with Gasteiger partial charge >= 0.3 is 6.18 Å². The number of piperidine rings is 1. The predicted molar refractivity (Wildman–Crippen MR) is 98.4 cm³/mol. The van der Waals surface area contributed by atoms with E-state index in [2.05, 4.69) is 15.3 Å². The first-order valence-electron chi connectivity index (χ1n) is 9.62. The molecule has 5 nitrogen and oxygen atoms in total. The number of fused-ring (bicyclic) bond motifs is 1.